The van der Waals surface area contributed by atoms with Crippen LogP contribution in [0.2, 0.25) is 0 Å². The van der Waals surface area contributed by atoms with E-state index in [2.05, 4.69) is 32.2 Å². The van der Waals surface area contributed by atoms with Crippen LogP contribution in [0.4, 0.5) is 0 Å². The summed E-state index contributed by atoms with van der Waals surface area (Å²) in [5, 5.41) is 2.76. The molecule has 0 spiro atoms. The first-order valence-corrected chi connectivity index (χ1v) is 6.61. The number of nitrogens with zero attached hydrogens (tertiary/aromatic N) is 3. The first kappa shape index (κ1) is 12.9. The molecule has 7 nitrogen and oxygen atoms in total. The zero-order valence-electron chi connectivity index (χ0n) is 11.3. The molecule has 1 atom stereocenters. The molecule has 2 aromatic heterocycles. The maximum atomic E-state index is 11.7. The SMILES string of the molecule is CN1CC[C@H](c2ncc(CNC(=O)c3cnco3)[nH]2)C1. The van der Waals surface area contributed by atoms with E-state index in [1.165, 1.54) is 12.6 Å². The van der Waals surface area contributed by atoms with Crippen LogP contribution in [0, 0.1) is 0 Å². The Balaban J connectivity index is 1.56. The second kappa shape index (κ2) is 5.46. The van der Waals surface area contributed by atoms with E-state index in [9.17, 15) is 4.79 Å². The van der Waals surface area contributed by atoms with Gasteiger partial charge in [0.15, 0.2) is 6.39 Å². The van der Waals surface area contributed by atoms with Crippen LogP contribution in [-0.4, -0.2) is 45.9 Å². The maximum Gasteiger partial charge on any atom is 0.289 e. The Labute approximate surface area is 116 Å². The van der Waals surface area contributed by atoms with Crippen LogP contribution < -0.4 is 5.32 Å². The number of likely N-dealkylation sites (N-methyl/N-ethyl adjacent to an activating group) is 1. The number of aromatic amines is 1. The van der Waals surface area contributed by atoms with Gasteiger partial charge in [-0.1, -0.05) is 0 Å². The first-order chi connectivity index (χ1) is 9.72. The van der Waals surface area contributed by atoms with Gasteiger partial charge in [-0.15, -0.1) is 0 Å². The van der Waals surface area contributed by atoms with Crippen molar-refractivity contribution in [3.05, 3.63) is 36.1 Å². The van der Waals surface area contributed by atoms with Gasteiger partial charge in [0.25, 0.3) is 5.91 Å². The molecule has 0 aromatic carbocycles. The summed E-state index contributed by atoms with van der Waals surface area (Å²) in [4.78, 5) is 25.4. The van der Waals surface area contributed by atoms with Crippen molar-refractivity contribution >= 4 is 5.91 Å². The van der Waals surface area contributed by atoms with Crippen molar-refractivity contribution in [1.29, 1.82) is 0 Å². The molecule has 1 fully saturated rings. The van der Waals surface area contributed by atoms with Crippen molar-refractivity contribution in [3.8, 4) is 0 Å². The fraction of sp³-hybridized carbons (Fsp3) is 0.462. The monoisotopic (exact) mass is 275 g/mol. The number of carbonyl (C=O) groups excluding carboxylic acids is 1. The average Bonchev–Trinajstić information content (AvgIpc) is 3.16. The molecule has 1 aliphatic heterocycles. The molecule has 0 saturated carbocycles. The van der Waals surface area contributed by atoms with Crippen LogP contribution in [-0.2, 0) is 6.54 Å². The highest BCUT2D eigenvalue weighted by Gasteiger charge is 2.23. The van der Waals surface area contributed by atoms with Gasteiger partial charge in [-0.25, -0.2) is 9.97 Å². The number of rotatable bonds is 4. The van der Waals surface area contributed by atoms with Gasteiger partial charge >= 0.3 is 0 Å². The first-order valence-electron chi connectivity index (χ1n) is 6.61. The number of imidazole rings is 1. The Morgan fingerprint density at radius 3 is 3.20 bits per heavy atom. The Bertz CT molecular complexity index is 577. The zero-order chi connectivity index (χ0) is 13.9. The van der Waals surface area contributed by atoms with E-state index >= 15 is 0 Å². The summed E-state index contributed by atoms with van der Waals surface area (Å²) in [6.07, 6.45) is 5.52. The molecule has 2 aromatic rings. The Morgan fingerprint density at radius 1 is 1.60 bits per heavy atom. The van der Waals surface area contributed by atoms with Gasteiger partial charge < -0.3 is 19.6 Å². The highest BCUT2D eigenvalue weighted by atomic mass is 16.3. The van der Waals surface area contributed by atoms with Crippen LogP contribution in [0.1, 0.15) is 34.4 Å². The number of oxazole rings is 1. The molecule has 3 rings (SSSR count). The molecule has 0 bridgehead atoms. The normalized spacial score (nSPS) is 19.4. The summed E-state index contributed by atoms with van der Waals surface area (Å²) in [6, 6.07) is 0. The van der Waals surface area contributed by atoms with Gasteiger partial charge in [0, 0.05) is 12.5 Å². The number of hydrogen-bond donors (Lipinski definition) is 2. The van der Waals surface area contributed by atoms with Crippen LogP contribution in [0.25, 0.3) is 0 Å². The predicted octanol–water partition coefficient (Wildman–Crippen LogP) is 0.747. The number of hydrogen-bond acceptors (Lipinski definition) is 5. The van der Waals surface area contributed by atoms with Crippen LogP contribution >= 0.6 is 0 Å². The fourth-order valence-electron chi connectivity index (χ4n) is 2.42. The minimum Gasteiger partial charge on any atom is -0.438 e. The Morgan fingerprint density at radius 2 is 2.50 bits per heavy atom. The van der Waals surface area contributed by atoms with E-state index in [4.69, 9.17) is 4.42 Å². The molecule has 7 heteroatoms. The lowest BCUT2D eigenvalue weighted by atomic mass is 10.1. The minimum atomic E-state index is -0.278. The summed E-state index contributed by atoms with van der Waals surface area (Å²) in [6.45, 7) is 2.52. The highest BCUT2D eigenvalue weighted by Crippen LogP contribution is 2.23. The molecular weight excluding hydrogens is 258 g/mol. The van der Waals surface area contributed by atoms with Crippen molar-refractivity contribution in [3.63, 3.8) is 0 Å². The quantitative estimate of drug-likeness (QED) is 0.859. The summed E-state index contributed by atoms with van der Waals surface area (Å²) in [5.41, 5.74) is 0.891. The van der Waals surface area contributed by atoms with Crippen molar-refractivity contribution in [1.82, 2.24) is 25.2 Å². The lowest BCUT2D eigenvalue weighted by Gasteiger charge is -2.07. The topological polar surface area (TPSA) is 87.1 Å². The number of H-pyrrole nitrogens is 1. The van der Waals surface area contributed by atoms with Gasteiger partial charge in [-0.05, 0) is 20.0 Å². The van der Waals surface area contributed by atoms with Crippen molar-refractivity contribution in [2.45, 2.75) is 18.9 Å². The van der Waals surface area contributed by atoms with E-state index in [1.54, 1.807) is 6.20 Å². The second-order valence-electron chi connectivity index (χ2n) is 5.09. The lowest BCUT2D eigenvalue weighted by molar-refractivity contribution is 0.0922. The summed E-state index contributed by atoms with van der Waals surface area (Å²) in [7, 11) is 2.11. The zero-order valence-corrected chi connectivity index (χ0v) is 11.3. The van der Waals surface area contributed by atoms with Crippen LogP contribution in [0.15, 0.2) is 23.2 Å². The molecule has 20 heavy (non-hydrogen) atoms. The molecule has 1 saturated heterocycles. The molecule has 1 aliphatic rings. The fourth-order valence-corrected chi connectivity index (χ4v) is 2.42. The number of carbonyl (C=O) groups is 1. The van der Waals surface area contributed by atoms with Crippen molar-refractivity contribution in [2.75, 3.05) is 20.1 Å². The van der Waals surface area contributed by atoms with E-state index in [-0.39, 0.29) is 11.7 Å². The number of aromatic nitrogens is 3. The van der Waals surface area contributed by atoms with Gasteiger partial charge in [-0.3, -0.25) is 4.79 Å². The summed E-state index contributed by atoms with van der Waals surface area (Å²) < 4.78 is 4.93. The standard InChI is InChI=1S/C13H17N5O2/c1-18-3-2-9(7-18)12-15-4-10(17-12)5-16-13(19)11-6-14-8-20-11/h4,6,8-9H,2-3,5,7H2,1H3,(H,15,17)(H,16,19)/t9-/m0/s1. The largest absolute Gasteiger partial charge is 0.438 e. The van der Waals surface area contributed by atoms with Crippen molar-refractivity contribution in [2.24, 2.45) is 0 Å². The molecule has 3 heterocycles. The van der Waals surface area contributed by atoms with Gasteiger partial charge in [-0.2, -0.15) is 0 Å². The molecule has 106 valence electrons. The highest BCUT2D eigenvalue weighted by molar-refractivity contribution is 5.90. The number of likely N-dealkylation sites (tertiary alicyclic amines) is 1. The average molecular weight is 275 g/mol. The van der Waals surface area contributed by atoms with Gasteiger partial charge in [0.05, 0.1) is 24.6 Å². The van der Waals surface area contributed by atoms with E-state index < -0.39 is 0 Å². The molecular formula is C13H17N5O2. The minimum absolute atomic E-state index is 0.210. The lowest BCUT2D eigenvalue weighted by Crippen LogP contribution is -2.22. The molecule has 0 aliphatic carbocycles. The second-order valence-corrected chi connectivity index (χ2v) is 5.09. The van der Waals surface area contributed by atoms with E-state index in [1.807, 2.05) is 0 Å². The number of amides is 1. The van der Waals surface area contributed by atoms with Crippen LogP contribution in [0.5, 0.6) is 0 Å². The molecule has 0 radical (unpaired) electrons. The smallest absolute Gasteiger partial charge is 0.289 e. The Kier molecular flexibility index (Phi) is 3.51. The van der Waals surface area contributed by atoms with Crippen molar-refractivity contribution < 1.29 is 9.21 Å². The van der Waals surface area contributed by atoms with Gasteiger partial charge in [0.1, 0.15) is 5.82 Å². The summed E-state index contributed by atoms with van der Waals surface area (Å²) >= 11 is 0. The Hall–Kier alpha value is -2.15. The maximum absolute atomic E-state index is 11.7. The summed E-state index contributed by atoms with van der Waals surface area (Å²) in [5.74, 6) is 1.39. The third kappa shape index (κ3) is 2.72. The molecule has 2 N–H and O–H groups in total. The third-order valence-corrected chi connectivity index (χ3v) is 3.52. The molecule has 1 amide bonds. The predicted molar refractivity (Wildman–Crippen MR) is 71.1 cm³/mol. The third-order valence-electron chi connectivity index (χ3n) is 3.52. The van der Waals surface area contributed by atoms with E-state index in [0.717, 1.165) is 31.0 Å². The van der Waals surface area contributed by atoms with Gasteiger partial charge in [0.2, 0.25) is 5.76 Å². The number of nitrogens with one attached hydrogen (secondary N) is 2. The van der Waals surface area contributed by atoms with E-state index in [0.29, 0.717) is 12.5 Å². The van der Waals surface area contributed by atoms with Crippen LogP contribution in [0.3, 0.4) is 0 Å². The molecule has 0 unspecified atom stereocenters.